The zero-order chi connectivity index (χ0) is 14.8. The number of ether oxygens (including phenoxy) is 1. The molecule has 0 fully saturated rings. The number of carbonyl (C=O) groups is 1. The van der Waals surface area contributed by atoms with Gasteiger partial charge in [-0.2, -0.15) is 4.98 Å². The first-order valence-corrected chi connectivity index (χ1v) is 7.44. The van der Waals surface area contributed by atoms with E-state index in [1.54, 1.807) is 30.5 Å². The summed E-state index contributed by atoms with van der Waals surface area (Å²) >= 11 is 1.53. The van der Waals surface area contributed by atoms with Gasteiger partial charge in [-0.1, -0.05) is 18.2 Å². The summed E-state index contributed by atoms with van der Waals surface area (Å²) in [5.41, 5.74) is 0.549. The van der Waals surface area contributed by atoms with E-state index in [1.165, 1.54) is 16.2 Å². The number of rotatable bonds is 4. The van der Waals surface area contributed by atoms with Gasteiger partial charge in [0.15, 0.2) is 5.69 Å². The van der Waals surface area contributed by atoms with E-state index >= 15 is 0 Å². The summed E-state index contributed by atoms with van der Waals surface area (Å²) in [6.07, 6.45) is 3.59. The van der Waals surface area contributed by atoms with Crippen molar-refractivity contribution in [3.63, 3.8) is 0 Å². The Morgan fingerprint density at radius 3 is 2.76 bits per heavy atom. The zero-order valence-corrected chi connectivity index (χ0v) is 12.0. The number of aromatic nitrogens is 2. The number of fused-ring (bicyclic) bond motifs is 1. The van der Waals surface area contributed by atoms with E-state index in [9.17, 15) is 9.90 Å². The lowest BCUT2D eigenvalue weighted by molar-refractivity contribution is 0.0686. The average molecular weight is 300 g/mol. The lowest BCUT2D eigenvalue weighted by atomic mass is 10.3. The van der Waals surface area contributed by atoms with Gasteiger partial charge in [0.25, 0.3) is 5.88 Å². The Morgan fingerprint density at radius 2 is 2.00 bits per heavy atom. The summed E-state index contributed by atoms with van der Waals surface area (Å²) < 4.78 is 7.24. The maximum absolute atomic E-state index is 11.5. The zero-order valence-electron chi connectivity index (χ0n) is 11.2. The van der Waals surface area contributed by atoms with Crippen molar-refractivity contribution in [2.45, 2.75) is 4.90 Å². The van der Waals surface area contributed by atoms with Crippen LogP contribution < -0.4 is 4.74 Å². The second-order valence-electron chi connectivity index (χ2n) is 4.25. The van der Waals surface area contributed by atoms with E-state index in [-0.39, 0.29) is 11.6 Å². The fourth-order valence-corrected chi connectivity index (χ4v) is 2.57. The van der Waals surface area contributed by atoms with E-state index in [1.807, 2.05) is 24.5 Å². The van der Waals surface area contributed by atoms with Crippen LogP contribution in [0.2, 0.25) is 0 Å². The largest absolute Gasteiger partial charge is 0.476 e. The molecule has 0 amide bonds. The number of hydrogen-bond acceptors (Lipinski definition) is 4. The van der Waals surface area contributed by atoms with Crippen LogP contribution in [-0.4, -0.2) is 26.7 Å². The molecule has 6 heteroatoms. The van der Waals surface area contributed by atoms with Gasteiger partial charge in [0.1, 0.15) is 11.4 Å². The number of aromatic carboxylic acids is 1. The summed E-state index contributed by atoms with van der Waals surface area (Å²) in [5, 5.41) is 9.41. The summed E-state index contributed by atoms with van der Waals surface area (Å²) in [4.78, 5) is 16.7. The fraction of sp³-hybridized carbons (Fsp3) is 0.0667. The molecule has 0 aliphatic heterocycles. The number of thioether (sulfide) groups is 1. The molecule has 0 spiro atoms. The van der Waals surface area contributed by atoms with Crippen LogP contribution in [0.3, 0.4) is 0 Å². The van der Waals surface area contributed by atoms with Gasteiger partial charge in [-0.25, -0.2) is 4.79 Å². The predicted molar refractivity (Wildman–Crippen MR) is 80.4 cm³/mol. The van der Waals surface area contributed by atoms with E-state index in [0.717, 1.165) is 4.90 Å². The lowest BCUT2D eigenvalue weighted by Crippen LogP contribution is -2.03. The Kier molecular flexibility index (Phi) is 3.53. The van der Waals surface area contributed by atoms with E-state index in [2.05, 4.69) is 4.98 Å². The number of pyridine rings is 1. The number of nitrogens with zero attached hydrogens (tertiary/aromatic N) is 2. The summed E-state index contributed by atoms with van der Waals surface area (Å²) in [6.45, 7) is 0. The van der Waals surface area contributed by atoms with Gasteiger partial charge in [-0.3, -0.25) is 4.40 Å². The fourth-order valence-electron chi connectivity index (χ4n) is 2.05. The molecule has 5 nitrogen and oxygen atoms in total. The summed E-state index contributed by atoms with van der Waals surface area (Å²) in [6, 6.07) is 12.7. The number of imidazole rings is 1. The molecule has 0 aliphatic rings. The first kappa shape index (κ1) is 13.5. The van der Waals surface area contributed by atoms with Crippen molar-refractivity contribution >= 4 is 23.4 Å². The highest BCUT2D eigenvalue weighted by molar-refractivity contribution is 7.98. The predicted octanol–water partition coefficient (Wildman–Crippen LogP) is 3.55. The Morgan fingerprint density at radius 1 is 1.24 bits per heavy atom. The van der Waals surface area contributed by atoms with E-state index in [0.29, 0.717) is 11.4 Å². The second kappa shape index (κ2) is 5.49. The molecule has 1 N–H and O–H groups in total. The molecule has 0 unspecified atom stereocenters. The van der Waals surface area contributed by atoms with Gasteiger partial charge < -0.3 is 9.84 Å². The molecule has 21 heavy (non-hydrogen) atoms. The first-order valence-electron chi connectivity index (χ1n) is 6.22. The van der Waals surface area contributed by atoms with Crippen LogP contribution >= 0.6 is 11.8 Å². The third-order valence-electron chi connectivity index (χ3n) is 2.98. The molecule has 1 aromatic carbocycles. The van der Waals surface area contributed by atoms with Crippen LogP contribution in [0.5, 0.6) is 11.6 Å². The Bertz CT molecular complexity index is 814. The minimum absolute atomic E-state index is 0.0153. The SMILES string of the molecule is CSc1ccccc1Oc1nc2ccccn2c1C(=O)O. The van der Waals surface area contributed by atoms with Crippen LogP contribution in [0.15, 0.2) is 53.6 Å². The highest BCUT2D eigenvalue weighted by Gasteiger charge is 2.21. The van der Waals surface area contributed by atoms with Crippen molar-refractivity contribution in [2.75, 3.05) is 6.26 Å². The normalized spacial score (nSPS) is 10.7. The summed E-state index contributed by atoms with van der Waals surface area (Å²) in [5.74, 6) is -0.392. The Labute approximate surface area is 125 Å². The van der Waals surface area contributed by atoms with Gasteiger partial charge >= 0.3 is 5.97 Å². The van der Waals surface area contributed by atoms with Crippen molar-refractivity contribution < 1.29 is 14.6 Å². The molecule has 0 aliphatic carbocycles. The summed E-state index contributed by atoms with van der Waals surface area (Å²) in [7, 11) is 0. The van der Waals surface area contributed by atoms with Crippen LogP contribution in [0.1, 0.15) is 10.5 Å². The third-order valence-corrected chi connectivity index (χ3v) is 3.75. The third kappa shape index (κ3) is 2.45. The maximum atomic E-state index is 11.5. The van der Waals surface area contributed by atoms with Crippen LogP contribution in [0, 0.1) is 0 Å². The molecule has 2 aromatic heterocycles. The topological polar surface area (TPSA) is 63.8 Å². The van der Waals surface area contributed by atoms with Crippen molar-refractivity contribution in [1.29, 1.82) is 0 Å². The lowest BCUT2D eigenvalue weighted by Gasteiger charge is -2.07. The number of carboxylic acid groups (broad SMARTS) is 1. The van der Waals surface area contributed by atoms with E-state index < -0.39 is 5.97 Å². The number of carboxylic acids is 1. The van der Waals surface area contributed by atoms with Gasteiger partial charge in [-0.05, 0) is 30.5 Å². The molecule has 3 aromatic rings. The molecule has 0 radical (unpaired) electrons. The molecule has 0 saturated carbocycles. The van der Waals surface area contributed by atoms with Crippen molar-refractivity contribution in [1.82, 2.24) is 9.38 Å². The molecular weight excluding hydrogens is 288 g/mol. The first-order chi connectivity index (χ1) is 10.2. The number of benzene rings is 1. The van der Waals surface area contributed by atoms with Crippen molar-refractivity contribution in [2.24, 2.45) is 0 Å². The van der Waals surface area contributed by atoms with Crippen LogP contribution in [-0.2, 0) is 0 Å². The highest BCUT2D eigenvalue weighted by atomic mass is 32.2. The maximum Gasteiger partial charge on any atom is 0.358 e. The standard InChI is InChI=1S/C15H12N2O3S/c1-21-11-7-3-2-6-10(11)20-14-13(15(18)19)17-9-5-4-8-12(17)16-14/h2-9H,1H3,(H,18,19). The molecule has 0 saturated heterocycles. The average Bonchev–Trinajstić information content (AvgIpc) is 2.85. The van der Waals surface area contributed by atoms with Gasteiger partial charge in [0, 0.05) is 11.1 Å². The highest BCUT2D eigenvalue weighted by Crippen LogP contribution is 2.32. The smallest absolute Gasteiger partial charge is 0.358 e. The molecule has 0 atom stereocenters. The van der Waals surface area contributed by atoms with Crippen molar-refractivity contribution in [3.05, 3.63) is 54.4 Å². The molecular formula is C15H12N2O3S. The van der Waals surface area contributed by atoms with Gasteiger partial charge in [-0.15, -0.1) is 11.8 Å². The quantitative estimate of drug-likeness (QED) is 0.747. The molecule has 2 heterocycles. The van der Waals surface area contributed by atoms with E-state index in [4.69, 9.17) is 4.74 Å². The van der Waals surface area contributed by atoms with Crippen LogP contribution in [0.25, 0.3) is 5.65 Å². The Hall–Kier alpha value is -2.47. The molecule has 106 valence electrons. The van der Waals surface area contributed by atoms with Gasteiger partial charge in [0.05, 0.1) is 0 Å². The number of hydrogen-bond donors (Lipinski definition) is 1. The number of para-hydroxylation sites is 1. The van der Waals surface area contributed by atoms with Gasteiger partial charge in [0.2, 0.25) is 0 Å². The Balaban J connectivity index is 2.12. The minimum atomic E-state index is -1.08. The minimum Gasteiger partial charge on any atom is -0.476 e. The molecule has 0 bridgehead atoms. The molecule has 3 rings (SSSR count). The second-order valence-corrected chi connectivity index (χ2v) is 5.10. The van der Waals surface area contributed by atoms with Crippen LogP contribution in [0.4, 0.5) is 0 Å². The van der Waals surface area contributed by atoms with Crippen molar-refractivity contribution in [3.8, 4) is 11.6 Å². The monoisotopic (exact) mass is 300 g/mol.